The summed E-state index contributed by atoms with van der Waals surface area (Å²) in [6, 6.07) is 6.73. The van der Waals surface area contributed by atoms with Crippen LogP contribution in [-0.4, -0.2) is 28.0 Å². The number of anilines is 1. The molecule has 2 aromatic rings. The summed E-state index contributed by atoms with van der Waals surface area (Å²) in [7, 11) is -1.06. The van der Waals surface area contributed by atoms with Crippen LogP contribution in [0.4, 0.5) is 10.5 Å². The van der Waals surface area contributed by atoms with Crippen molar-refractivity contribution in [3.8, 4) is 0 Å². The Morgan fingerprint density at radius 1 is 1.43 bits per heavy atom. The summed E-state index contributed by atoms with van der Waals surface area (Å²) in [6.07, 6.45) is 4.15. The normalized spacial score (nSPS) is 11.9. The molecular weight excluding hydrogens is 306 g/mol. The van der Waals surface area contributed by atoms with Crippen LogP contribution >= 0.6 is 11.3 Å². The van der Waals surface area contributed by atoms with Crippen molar-refractivity contribution in [3.63, 3.8) is 0 Å². The Morgan fingerprint density at radius 3 is 2.90 bits per heavy atom. The van der Waals surface area contributed by atoms with Gasteiger partial charge in [0, 0.05) is 51.7 Å². The van der Waals surface area contributed by atoms with Crippen molar-refractivity contribution >= 4 is 33.9 Å². The van der Waals surface area contributed by atoms with E-state index in [4.69, 9.17) is 0 Å². The third kappa shape index (κ3) is 4.95. The number of aryl methyl sites for hydroxylation is 1. The van der Waals surface area contributed by atoms with E-state index in [0.29, 0.717) is 23.5 Å². The number of hydrogen-bond acceptors (Lipinski definition) is 4. The number of nitrogens with zero attached hydrogens (tertiary/aromatic N) is 1. The Bertz CT molecular complexity index is 655. The van der Waals surface area contributed by atoms with Gasteiger partial charge in [-0.15, -0.1) is 11.3 Å². The third-order valence-electron chi connectivity index (χ3n) is 2.72. The van der Waals surface area contributed by atoms with Crippen LogP contribution in [0.5, 0.6) is 0 Å². The van der Waals surface area contributed by atoms with Crippen molar-refractivity contribution in [1.29, 1.82) is 0 Å². The van der Waals surface area contributed by atoms with Gasteiger partial charge in [0.05, 0.1) is 5.01 Å². The Morgan fingerprint density at radius 2 is 2.24 bits per heavy atom. The quantitative estimate of drug-likeness (QED) is 0.888. The second-order valence-corrected chi connectivity index (χ2v) is 7.18. The molecule has 2 rings (SSSR count). The predicted octanol–water partition coefficient (Wildman–Crippen LogP) is 2.55. The van der Waals surface area contributed by atoms with E-state index < -0.39 is 10.8 Å². The molecule has 5 nitrogen and oxygen atoms in total. The molecule has 0 radical (unpaired) electrons. The van der Waals surface area contributed by atoms with Crippen molar-refractivity contribution in [2.24, 2.45) is 0 Å². The minimum Gasteiger partial charge on any atom is -0.337 e. The van der Waals surface area contributed by atoms with Crippen LogP contribution in [0.1, 0.15) is 9.88 Å². The van der Waals surface area contributed by atoms with Crippen LogP contribution in [0.2, 0.25) is 0 Å². The van der Waals surface area contributed by atoms with Crippen LogP contribution in [0, 0.1) is 6.92 Å². The number of urea groups is 1. The molecule has 0 aliphatic rings. The molecule has 0 bridgehead atoms. The van der Waals surface area contributed by atoms with Crippen LogP contribution in [-0.2, 0) is 17.2 Å². The molecule has 0 aliphatic heterocycles. The standard InChI is InChI=1S/C14H17N3O2S2/c1-10-9-16-13(20-10)6-7-15-14(18)17-11-4-3-5-12(8-11)21(2)19/h3-5,8-9H,6-7H2,1-2H3,(H2,15,17,18). The summed E-state index contributed by atoms with van der Waals surface area (Å²) in [5.74, 6) is 0. The van der Waals surface area contributed by atoms with Gasteiger partial charge in [-0.05, 0) is 25.1 Å². The number of benzene rings is 1. The predicted molar refractivity (Wildman–Crippen MR) is 86.4 cm³/mol. The number of aromatic nitrogens is 1. The topological polar surface area (TPSA) is 71.1 Å². The monoisotopic (exact) mass is 323 g/mol. The largest absolute Gasteiger partial charge is 0.337 e. The fourth-order valence-corrected chi connectivity index (χ4v) is 3.08. The van der Waals surface area contributed by atoms with E-state index in [1.54, 1.807) is 41.9 Å². The SMILES string of the molecule is Cc1cnc(CCNC(=O)Nc2cccc(S(C)=O)c2)s1. The van der Waals surface area contributed by atoms with Gasteiger partial charge in [-0.2, -0.15) is 0 Å². The second-order valence-electron chi connectivity index (χ2n) is 4.48. The highest BCUT2D eigenvalue weighted by atomic mass is 32.2. The minimum atomic E-state index is -1.06. The lowest BCUT2D eigenvalue weighted by Gasteiger charge is -2.07. The molecule has 0 saturated heterocycles. The van der Waals surface area contributed by atoms with E-state index >= 15 is 0 Å². The highest BCUT2D eigenvalue weighted by Crippen LogP contribution is 2.13. The zero-order chi connectivity index (χ0) is 15.2. The minimum absolute atomic E-state index is 0.276. The Labute approximate surface area is 130 Å². The second kappa shape index (κ2) is 7.33. The van der Waals surface area contributed by atoms with E-state index in [0.717, 1.165) is 5.01 Å². The van der Waals surface area contributed by atoms with Crippen molar-refractivity contribution in [1.82, 2.24) is 10.3 Å². The van der Waals surface area contributed by atoms with Crippen molar-refractivity contribution in [2.75, 3.05) is 18.1 Å². The van der Waals surface area contributed by atoms with Crippen molar-refractivity contribution < 1.29 is 9.00 Å². The summed E-state index contributed by atoms with van der Waals surface area (Å²) >= 11 is 1.63. The Hall–Kier alpha value is -1.73. The first kappa shape index (κ1) is 15.7. The molecule has 2 amide bonds. The fourth-order valence-electron chi connectivity index (χ4n) is 1.73. The zero-order valence-electron chi connectivity index (χ0n) is 11.9. The van der Waals surface area contributed by atoms with E-state index in [9.17, 15) is 9.00 Å². The number of nitrogens with one attached hydrogen (secondary N) is 2. The van der Waals surface area contributed by atoms with Crippen LogP contribution in [0.15, 0.2) is 35.4 Å². The van der Waals surface area contributed by atoms with E-state index in [-0.39, 0.29) is 6.03 Å². The average molecular weight is 323 g/mol. The van der Waals surface area contributed by atoms with Crippen LogP contribution < -0.4 is 10.6 Å². The van der Waals surface area contributed by atoms with E-state index in [1.807, 2.05) is 13.1 Å². The maximum atomic E-state index is 11.8. The molecule has 7 heteroatoms. The lowest BCUT2D eigenvalue weighted by molar-refractivity contribution is 0.252. The molecule has 21 heavy (non-hydrogen) atoms. The zero-order valence-corrected chi connectivity index (χ0v) is 13.5. The van der Waals surface area contributed by atoms with Gasteiger partial charge >= 0.3 is 6.03 Å². The molecule has 0 fully saturated rings. The Balaban J connectivity index is 1.81. The van der Waals surface area contributed by atoms with Gasteiger partial charge in [-0.1, -0.05) is 6.07 Å². The number of carbonyl (C=O) groups excluding carboxylic acids is 1. The average Bonchev–Trinajstić information content (AvgIpc) is 2.84. The Kier molecular flexibility index (Phi) is 5.46. The lowest BCUT2D eigenvalue weighted by Crippen LogP contribution is -2.30. The maximum absolute atomic E-state index is 11.8. The molecule has 1 aromatic carbocycles. The number of rotatable bonds is 5. The number of thiazole rings is 1. The van der Waals surface area contributed by atoms with Crippen molar-refractivity contribution in [3.05, 3.63) is 40.3 Å². The summed E-state index contributed by atoms with van der Waals surface area (Å²) in [5.41, 5.74) is 0.630. The molecule has 0 spiro atoms. The fraction of sp³-hybridized carbons (Fsp3) is 0.286. The molecule has 1 aromatic heterocycles. The molecule has 1 unspecified atom stereocenters. The number of amides is 2. The first-order valence-corrected chi connectivity index (χ1v) is 8.81. The maximum Gasteiger partial charge on any atom is 0.319 e. The molecule has 2 N–H and O–H groups in total. The first-order valence-electron chi connectivity index (χ1n) is 6.44. The van der Waals surface area contributed by atoms with Gasteiger partial charge in [0.2, 0.25) is 0 Å². The molecule has 112 valence electrons. The van der Waals surface area contributed by atoms with Crippen LogP contribution in [0.25, 0.3) is 0 Å². The molecular formula is C14H17N3O2S2. The number of carbonyl (C=O) groups is 1. The summed E-state index contributed by atoms with van der Waals surface area (Å²) in [5, 5.41) is 6.52. The van der Waals surface area contributed by atoms with Gasteiger partial charge in [-0.3, -0.25) is 4.21 Å². The third-order valence-corrected chi connectivity index (χ3v) is 4.61. The van der Waals surface area contributed by atoms with Gasteiger partial charge in [0.25, 0.3) is 0 Å². The van der Waals surface area contributed by atoms with Gasteiger partial charge in [-0.25, -0.2) is 9.78 Å². The highest BCUT2D eigenvalue weighted by molar-refractivity contribution is 7.84. The summed E-state index contributed by atoms with van der Waals surface area (Å²) in [4.78, 5) is 17.9. The lowest BCUT2D eigenvalue weighted by atomic mass is 10.3. The van der Waals surface area contributed by atoms with E-state index in [2.05, 4.69) is 15.6 Å². The summed E-state index contributed by atoms with van der Waals surface area (Å²) in [6.45, 7) is 2.53. The van der Waals surface area contributed by atoms with Gasteiger partial charge < -0.3 is 10.6 Å². The van der Waals surface area contributed by atoms with E-state index in [1.165, 1.54) is 4.88 Å². The highest BCUT2D eigenvalue weighted by Gasteiger charge is 2.04. The molecule has 0 saturated carbocycles. The molecule has 1 heterocycles. The molecule has 1 atom stereocenters. The summed E-state index contributed by atoms with van der Waals surface area (Å²) < 4.78 is 11.4. The van der Waals surface area contributed by atoms with Crippen LogP contribution in [0.3, 0.4) is 0 Å². The smallest absolute Gasteiger partial charge is 0.319 e. The first-order chi connectivity index (χ1) is 10.0. The van der Waals surface area contributed by atoms with Crippen molar-refractivity contribution in [2.45, 2.75) is 18.2 Å². The van der Waals surface area contributed by atoms with Gasteiger partial charge in [0.15, 0.2) is 0 Å². The molecule has 0 aliphatic carbocycles. The van der Waals surface area contributed by atoms with Gasteiger partial charge in [0.1, 0.15) is 0 Å². The number of hydrogen-bond donors (Lipinski definition) is 2.